The Morgan fingerprint density at radius 2 is 2.05 bits per heavy atom. The summed E-state index contributed by atoms with van der Waals surface area (Å²) in [4.78, 5) is 2.54. The first kappa shape index (κ1) is 14.5. The minimum Gasteiger partial charge on any atom is -0.309 e. The highest BCUT2D eigenvalue weighted by molar-refractivity contribution is 5.17. The van der Waals surface area contributed by atoms with Gasteiger partial charge in [0.05, 0.1) is 0 Å². The van der Waals surface area contributed by atoms with Crippen LogP contribution in [0.5, 0.6) is 0 Å². The van der Waals surface area contributed by atoms with E-state index < -0.39 is 0 Å². The summed E-state index contributed by atoms with van der Waals surface area (Å²) < 4.78 is 12.9. The lowest BCUT2D eigenvalue weighted by molar-refractivity contribution is 0.105. The summed E-state index contributed by atoms with van der Waals surface area (Å²) in [5.41, 5.74) is 1.45. The van der Waals surface area contributed by atoms with Gasteiger partial charge in [-0.2, -0.15) is 0 Å². The summed E-state index contributed by atoms with van der Waals surface area (Å²) >= 11 is 0. The van der Waals surface area contributed by atoms with Crippen molar-refractivity contribution < 1.29 is 4.39 Å². The number of rotatable bonds is 4. The molecule has 2 atom stereocenters. The Balaban J connectivity index is 1.95. The maximum atomic E-state index is 12.9. The number of nitrogens with zero attached hydrogens (tertiary/aromatic N) is 1. The molecule has 1 aliphatic heterocycles. The molecule has 1 N–H and O–H groups in total. The predicted octanol–water partition coefficient (Wildman–Crippen LogP) is 2.83. The number of hydrogen-bond donors (Lipinski definition) is 1. The van der Waals surface area contributed by atoms with Crippen molar-refractivity contribution in [2.45, 2.75) is 45.2 Å². The van der Waals surface area contributed by atoms with Gasteiger partial charge >= 0.3 is 0 Å². The fourth-order valence-electron chi connectivity index (χ4n) is 2.79. The molecule has 0 saturated carbocycles. The van der Waals surface area contributed by atoms with Crippen LogP contribution < -0.4 is 5.32 Å². The van der Waals surface area contributed by atoms with Crippen LogP contribution in [0.15, 0.2) is 24.3 Å². The van der Waals surface area contributed by atoms with Gasteiger partial charge in [0.25, 0.3) is 0 Å². The van der Waals surface area contributed by atoms with Crippen LogP contribution in [-0.2, 0) is 6.42 Å². The van der Waals surface area contributed by atoms with Crippen molar-refractivity contribution in [3.8, 4) is 0 Å². The minimum absolute atomic E-state index is 0.155. The van der Waals surface area contributed by atoms with Crippen LogP contribution in [0.4, 0.5) is 4.39 Å². The molecule has 19 heavy (non-hydrogen) atoms. The van der Waals surface area contributed by atoms with Crippen molar-refractivity contribution >= 4 is 0 Å². The third kappa shape index (κ3) is 3.77. The lowest BCUT2D eigenvalue weighted by Gasteiger charge is -2.43. The number of hydrogen-bond acceptors (Lipinski definition) is 2. The van der Waals surface area contributed by atoms with E-state index in [1.165, 1.54) is 5.56 Å². The molecule has 106 valence electrons. The molecule has 1 aromatic carbocycles. The molecule has 2 nitrogen and oxygen atoms in total. The van der Waals surface area contributed by atoms with Gasteiger partial charge in [0, 0.05) is 31.2 Å². The molecule has 1 aliphatic rings. The van der Waals surface area contributed by atoms with Crippen molar-refractivity contribution in [1.29, 1.82) is 0 Å². The molecule has 0 aliphatic carbocycles. The molecular weight excluding hydrogens is 239 g/mol. The highest BCUT2D eigenvalue weighted by Gasteiger charge is 2.30. The Bertz CT molecular complexity index is 404. The van der Waals surface area contributed by atoms with Gasteiger partial charge in [0.1, 0.15) is 5.82 Å². The van der Waals surface area contributed by atoms with E-state index in [-0.39, 0.29) is 11.4 Å². The minimum atomic E-state index is -0.155. The highest BCUT2D eigenvalue weighted by atomic mass is 19.1. The van der Waals surface area contributed by atoms with Crippen LogP contribution in [0, 0.1) is 5.82 Å². The van der Waals surface area contributed by atoms with Crippen LogP contribution in [0.2, 0.25) is 0 Å². The zero-order chi connectivity index (χ0) is 13.9. The molecule has 0 radical (unpaired) electrons. The van der Waals surface area contributed by atoms with E-state index in [1.54, 1.807) is 12.1 Å². The van der Waals surface area contributed by atoms with Gasteiger partial charge in [-0.3, -0.25) is 4.90 Å². The molecule has 1 saturated heterocycles. The summed E-state index contributed by atoms with van der Waals surface area (Å²) in [5.74, 6) is -0.155. The molecule has 3 heteroatoms. The van der Waals surface area contributed by atoms with Crippen molar-refractivity contribution in [3.05, 3.63) is 35.6 Å². The smallest absolute Gasteiger partial charge is 0.123 e. The fourth-order valence-corrected chi connectivity index (χ4v) is 2.79. The summed E-state index contributed by atoms with van der Waals surface area (Å²) in [5, 5.41) is 3.61. The van der Waals surface area contributed by atoms with Gasteiger partial charge in [-0.15, -0.1) is 0 Å². The van der Waals surface area contributed by atoms with E-state index in [0.29, 0.717) is 6.04 Å². The molecule has 0 amide bonds. The number of piperazine rings is 1. The maximum absolute atomic E-state index is 12.9. The molecule has 1 heterocycles. The third-order valence-electron chi connectivity index (χ3n) is 4.35. The number of nitrogens with one attached hydrogen (secondary N) is 1. The lowest BCUT2D eigenvalue weighted by Crippen LogP contribution is -2.60. The third-order valence-corrected chi connectivity index (χ3v) is 4.35. The second-order valence-electron chi connectivity index (χ2n) is 5.99. The van der Waals surface area contributed by atoms with E-state index in [2.05, 4.69) is 31.0 Å². The zero-order valence-electron chi connectivity index (χ0n) is 12.2. The van der Waals surface area contributed by atoms with Gasteiger partial charge in [0.2, 0.25) is 0 Å². The first-order valence-electron chi connectivity index (χ1n) is 7.26. The summed E-state index contributed by atoms with van der Waals surface area (Å²) in [6.45, 7) is 10.0. The fraction of sp³-hybridized carbons (Fsp3) is 0.625. The van der Waals surface area contributed by atoms with E-state index in [9.17, 15) is 4.39 Å². The summed E-state index contributed by atoms with van der Waals surface area (Å²) in [6, 6.07) is 7.39. The molecule has 0 spiro atoms. The normalized spacial score (nSPS) is 26.3. The standard InChI is InChI=1S/C16H25FN2/c1-4-16(3)12-19(10-9-18-16)13(2)11-14-5-7-15(17)8-6-14/h5-8,13,18H,4,9-12H2,1-3H3. The van der Waals surface area contributed by atoms with Gasteiger partial charge < -0.3 is 5.32 Å². The Kier molecular flexibility index (Phi) is 4.58. The largest absolute Gasteiger partial charge is 0.309 e. The van der Waals surface area contributed by atoms with Gasteiger partial charge in [0.15, 0.2) is 0 Å². The van der Waals surface area contributed by atoms with E-state index in [0.717, 1.165) is 32.5 Å². The molecule has 2 rings (SSSR count). The van der Waals surface area contributed by atoms with Gasteiger partial charge in [-0.25, -0.2) is 4.39 Å². The topological polar surface area (TPSA) is 15.3 Å². The predicted molar refractivity (Wildman–Crippen MR) is 77.8 cm³/mol. The van der Waals surface area contributed by atoms with Crippen LogP contribution in [0.25, 0.3) is 0 Å². The SMILES string of the molecule is CCC1(C)CN(C(C)Cc2ccc(F)cc2)CCN1. The quantitative estimate of drug-likeness (QED) is 0.899. The second-order valence-corrected chi connectivity index (χ2v) is 5.99. The number of halogens is 1. The van der Waals surface area contributed by atoms with Crippen molar-refractivity contribution in [2.75, 3.05) is 19.6 Å². The molecule has 1 fully saturated rings. The van der Waals surface area contributed by atoms with E-state index in [4.69, 9.17) is 0 Å². The summed E-state index contributed by atoms with van der Waals surface area (Å²) in [7, 11) is 0. The number of benzene rings is 1. The van der Waals surface area contributed by atoms with Crippen LogP contribution in [-0.4, -0.2) is 36.1 Å². The second kappa shape index (κ2) is 6.02. The lowest BCUT2D eigenvalue weighted by atomic mass is 9.94. The summed E-state index contributed by atoms with van der Waals surface area (Å²) in [6.07, 6.45) is 2.13. The highest BCUT2D eigenvalue weighted by Crippen LogP contribution is 2.19. The Labute approximate surface area is 116 Å². The molecule has 0 bridgehead atoms. The average Bonchev–Trinajstić information content (AvgIpc) is 2.41. The van der Waals surface area contributed by atoms with Gasteiger partial charge in [-0.05, 0) is 44.4 Å². The first-order chi connectivity index (χ1) is 9.02. The molecule has 2 unspecified atom stereocenters. The van der Waals surface area contributed by atoms with Crippen LogP contribution in [0.3, 0.4) is 0 Å². The Morgan fingerprint density at radius 1 is 1.37 bits per heavy atom. The molecular formula is C16H25FN2. The van der Waals surface area contributed by atoms with Crippen LogP contribution in [0.1, 0.15) is 32.8 Å². The van der Waals surface area contributed by atoms with Crippen LogP contribution >= 0.6 is 0 Å². The van der Waals surface area contributed by atoms with Crippen molar-refractivity contribution in [1.82, 2.24) is 10.2 Å². The van der Waals surface area contributed by atoms with Crippen molar-refractivity contribution in [2.24, 2.45) is 0 Å². The Hall–Kier alpha value is -0.930. The molecule has 1 aromatic rings. The maximum Gasteiger partial charge on any atom is 0.123 e. The van der Waals surface area contributed by atoms with E-state index >= 15 is 0 Å². The van der Waals surface area contributed by atoms with Gasteiger partial charge in [-0.1, -0.05) is 19.1 Å². The monoisotopic (exact) mass is 264 g/mol. The van der Waals surface area contributed by atoms with Crippen molar-refractivity contribution in [3.63, 3.8) is 0 Å². The van der Waals surface area contributed by atoms with E-state index in [1.807, 2.05) is 12.1 Å². The average molecular weight is 264 g/mol. The zero-order valence-corrected chi connectivity index (χ0v) is 12.2. The Morgan fingerprint density at radius 3 is 2.68 bits per heavy atom. The molecule has 0 aromatic heterocycles. The first-order valence-corrected chi connectivity index (χ1v) is 7.26.